The Bertz CT molecular complexity index is 442. The highest BCUT2D eigenvalue weighted by atomic mass is 127. The molecule has 0 bridgehead atoms. The molecule has 1 unspecified atom stereocenters. The molecule has 0 saturated heterocycles. The van der Waals surface area contributed by atoms with Gasteiger partial charge in [-0.25, -0.2) is 0 Å². The molecule has 1 aliphatic rings. The van der Waals surface area contributed by atoms with E-state index in [-0.39, 0.29) is 11.7 Å². The number of fused-ring (bicyclic) bond motifs is 1. The molecule has 1 heterocycles. The van der Waals surface area contributed by atoms with Crippen LogP contribution < -0.4 is 0 Å². The smallest absolute Gasteiger partial charge is 0.173 e. The number of carbonyl (C=O) groups is 1. The van der Waals surface area contributed by atoms with Gasteiger partial charge in [0.1, 0.15) is 0 Å². The van der Waals surface area contributed by atoms with Crippen molar-refractivity contribution in [1.82, 2.24) is 0 Å². The van der Waals surface area contributed by atoms with Gasteiger partial charge in [-0.05, 0) is 50.7 Å². The molecule has 0 saturated carbocycles. The van der Waals surface area contributed by atoms with Crippen LogP contribution in [0.1, 0.15) is 17.3 Å². The second-order valence-electron chi connectivity index (χ2n) is 3.21. The SMILES string of the molecule is CC1C=Nc2cc(Br)c(I)cc2C1=O. The van der Waals surface area contributed by atoms with Gasteiger partial charge in [-0.2, -0.15) is 0 Å². The fourth-order valence-electron chi connectivity index (χ4n) is 1.35. The fourth-order valence-corrected chi connectivity index (χ4v) is 2.14. The van der Waals surface area contributed by atoms with Crippen molar-refractivity contribution in [2.24, 2.45) is 10.9 Å². The number of ketones is 1. The number of rotatable bonds is 0. The second-order valence-corrected chi connectivity index (χ2v) is 5.23. The zero-order valence-electron chi connectivity index (χ0n) is 7.42. The van der Waals surface area contributed by atoms with Crippen molar-refractivity contribution in [3.8, 4) is 0 Å². The molecule has 2 rings (SSSR count). The van der Waals surface area contributed by atoms with Crippen molar-refractivity contribution in [3.63, 3.8) is 0 Å². The molecular formula is C10H7BrINO. The number of Topliss-reactive ketones (excluding diaryl/α,β-unsaturated/α-hetero) is 1. The monoisotopic (exact) mass is 363 g/mol. The van der Waals surface area contributed by atoms with Crippen LogP contribution in [0, 0.1) is 9.49 Å². The highest BCUT2D eigenvalue weighted by Crippen LogP contribution is 2.32. The first-order chi connectivity index (χ1) is 6.59. The summed E-state index contributed by atoms with van der Waals surface area (Å²) in [5, 5.41) is 0. The van der Waals surface area contributed by atoms with Gasteiger partial charge in [-0.3, -0.25) is 9.79 Å². The van der Waals surface area contributed by atoms with Crippen molar-refractivity contribution < 1.29 is 4.79 Å². The van der Waals surface area contributed by atoms with Crippen LogP contribution in [0.2, 0.25) is 0 Å². The predicted molar refractivity (Wildman–Crippen MR) is 68.5 cm³/mol. The standard InChI is InChI=1S/C10H7BrINO/c1-5-4-13-9-3-7(11)8(12)2-6(9)10(5)14/h2-5H,1H3. The molecule has 0 amide bonds. The molecule has 0 radical (unpaired) electrons. The largest absolute Gasteiger partial charge is 0.293 e. The molecule has 2 nitrogen and oxygen atoms in total. The van der Waals surface area contributed by atoms with Crippen molar-refractivity contribution >= 4 is 56.2 Å². The normalized spacial score (nSPS) is 19.6. The summed E-state index contributed by atoms with van der Waals surface area (Å²) in [5.41, 5.74) is 1.49. The lowest BCUT2D eigenvalue weighted by Crippen LogP contribution is -2.16. The Balaban J connectivity index is 2.64. The highest BCUT2D eigenvalue weighted by molar-refractivity contribution is 14.1. The molecule has 4 heteroatoms. The molecule has 14 heavy (non-hydrogen) atoms. The highest BCUT2D eigenvalue weighted by Gasteiger charge is 2.21. The Labute approximate surface area is 104 Å². The molecule has 1 aliphatic heterocycles. The van der Waals surface area contributed by atoms with Gasteiger partial charge in [-0.1, -0.05) is 6.92 Å². The van der Waals surface area contributed by atoms with E-state index in [9.17, 15) is 4.79 Å². The van der Waals surface area contributed by atoms with Gasteiger partial charge in [0.15, 0.2) is 5.78 Å². The molecule has 0 aliphatic carbocycles. The van der Waals surface area contributed by atoms with E-state index in [4.69, 9.17) is 0 Å². The van der Waals surface area contributed by atoms with Gasteiger partial charge in [0.2, 0.25) is 0 Å². The lowest BCUT2D eigenvalue weighted by Gasteiger charge is -2.14. The van der Waals surface area contributed by atoms with E-state index in [0.717, 1.165) is 19.3 Å². The Morgan fingerprint density at radius 2 is 2.21 bits per heavy atom. The van der Waals surface area contributed by atoms with Crippen LogP contribution in [-0.2, 0) is 0 Å². The van der Waals surface area contributed by atoms with Crippen molar-refractivity contribution in [2.75, 3.05) is 0 Å². The van der Waals surface area contributed by atoms with Gasteiger partial charge >= 0.3 is 0 Å². The first-order valence-electron chi connectivity index (χ1n) is 4.17. The van der Waals surface area contributed by atoms with E-state index in [0.29, 0.717) is 0 Å². The number of hydrogen-bond acceptors (Lipinski definition) is 2. The van der Waals surface area contributed by atoms with Crippen LogP contribution in [-0.4, -0.2) is 12.0 Å². The van der Waals surface area contributed by atoms with Gasteiger partial charge in [0, 0.05) is 19.8 Å². The summed E-state index contributed by atoms with van der Waals surface area (Å²) in [6.07, 6.45) is 1.70. The van der Waals surface area contributed by atoms with E-state index < -0.39 is 0 Å². The van der Waals surface area contributed by atoms with Crippen LogP contribution in [0.4, 0.5) is 5.69 Å². The average Bonchev–Trinajstić information content (AvgIpc) is 2.15. The summed E-state index contributed by atoms with van der Waals surface area (Å²) >= 11 is 5.61. The van der Waals surface area contributed by atoms with Crippen LogP contribution in [0.15, 0.2) is 21.6 Å². The van der Waals surface area contributed by atoms with E-state index in [1.165, 1.54) is 0 Å². The summed E-state index contributed by atoms with van der Waals surface area (Å²) in [5.74, 6) is 0.0555. The zero-order chi connectivity index (χ0) is 10.3. The first kappa shape index (κ1) is 10.3. The summed E-state index contributed by atoms with van der Waals surface area (Å²) in [6, 6.07) is 3.77. The molecule has 1 atom stereocenters. The maximum Gasteiger partial charge on any atom is 0.173 e. The summed E-state index contributed by atoms with van der Waals surface area (Å²) in [7, 11) is 0. The first-order valence-corrected chi connectivity index (χ1v) is 6.04. The number of carbonyl (C=O) groups excluding carboxylic acids is 1. The van der Waals surface area contributed by atoms with Crippen LogP contribution in [0.3, 0.4) is 0 Å². The number of hydrogen-bond donors (Lipinski definition) is 0. The van der Waals surface area contributed by atoms with E-state index >= 15 is 0 Å². The molecule has 0 N–H and O–H groups in total. The van der Waals surface area contributed by atoms with E-state index in [1.54, 1.807) is 6.21 Å². The predicted octanol–water partition coefficient (Wildman–Crippen LogP) is 3.59. The Kier molecular flexibility index (Phi) is 2.74. The minimum absolute atomic E-state index is 0.0977. The number of nitrogens with zero attached hydrogens (tertiary/aromatic N) is 1. The minimum atomic E-state index is -0.0977. The van der Waals surface area contributed by atoms with E-state index in [2.05, 4.69) is 43.5 Å². The molecule has 1 aromatic rings. The Morgan fingerprint density at radius 3 is 2.93 bits per heavy atom. The third-order valence-corrected chi connectivity index (χ3v) is 4.44. The topological polar surface area (TPSA) is 29.4 Å². The average molecular weight is 364 g/mol. The van der Waals surface area contributed by atoms with Gasteiger partial charge < -0.3 is 0 Å². The third kappa shape index (κ3) is 1.65. The number of benzene rings is 1. The maximum absolute atomic E-state index is 11.8. The maximum atomic E-state index is 11.8. The molecule has 1 aromatic carbocycles. The molecule has 72 valence electrons. The Hall–Kier alpha value is -0.230. The quantitative estimate of drug-likeness (QED) is 0.648. The zero-order valence-corrected chi connectivity index (χ0v) is 11.2. The summed E-state index contributed by atoms with van der Waals surface area (Å²) in [4.78, 5) is 16.0. The van der Waals surface area contributed by atoms with Gasteiger partial charge in [0.05, 0.1) is 11.6 Å². The van der Waals surface area contributed by atoms with Crippen molar-refractivity contribution in [2.45, 2.75) is 6.92 Å². The lowest BCUT2D eigenvalue weighted by molar-refractivity contribution is 0.0962. The summed E-state index contributed by atoms with van der Waals surface area (Å²) in [6.45, 7) is 1.86. The number of halogens is 2. The van der Waals surface area contributed by atoms with E-state index in [1.807, 2.05) is 19.1 Å². The molecular weight excluding hydrogens is 357 g/mol. The Morgan fingerprint density at radius 1 is 1.50 bits per heavy atom. The number of aliphatic imine (C=N–C) groups is 1. The third-order valence-electron chi connectivity index (χ3n) is 2.15. The fraction of sp³-hybridized carbons (Fsp3) is 0.200. The molecule has 0 spiro atoms. The molecule has 0 aromatic heterocycles. The van der Waals surface area contributed by atoms with Gasteiger partial charge in [0.25, 0.3) is 0 Å². The second kappa shape index (κ2) is 3.73. The molecule has 0 fully saturated rings. The van der Waals surface area contributed by atoms with Crippen LogP contribution >= 0.6 is 38.5 Å². The van der Waals surface area contributed by atoms with Gasteiger partial charge in [-0.15, -0.1) is 0 Å². The van der Waals surface area contributed by atoms with Crippen molar-refractivity contribution in [3.05, 3.63) is 25.7 Å². The minimum Gasteiger partial charge on any atom is -0.293 e. The summed E-state index contributed by atoms with van der Waals surface area (Å²) < 4.78 is 2.02. The van der Waals surface area contributed by atoms with Crippen LogP contribution in [0.25, 0.3) is 0 Å². The lowest BCUT2D eigenvalue weighted by atomic mass is 9.96. The van der Waals surface area contributed by atoms with Crippen LogP contribution in [0.5, 0.6) is 0 Å². The van der Waals surface area contributed by atoms with Crippen molar-refractivity contribution in [1.29, 1.82) is 0 Å².